The highest BCUT2D eigenvalue weighted by Crippen LogP contribution is 2.35. The van der Waals surface area contributed by atoms with Gasteiger partial charge in [-0.2, -0.15) is 0 Å². The van der Waals surface area contributed by atoms with Gasteiger partial charge in [-0.3, -0.25) is 0 Å². The van der Waals surface area contributed by atoms with Crippen LogP contribution >= 0.6 is 15.9 Å². The van der Waals surface area contributed by atoms with Gasteiger partial charge in [0.05, 0.1) is 17.1 Å². The molecule has 0 aromatic heterocycles. The Morgan fingerprint density at radius 2 is 2.26 bits per heavy atom. The molecule has 0 saturated carbocycles. The van der Waals surface area contributed by atoms with Gasteiger partial charge < -0.3 is 15.4 Å². The lowest BCUT2D eigenvalue weighted by molar-refractivity contribution is 0.145. The molecule has 1 aromatic carbocycles. The van der Waals surface area contributed by atoms with E-state index in [0.29, 0.717) is 11.3 Å². The Hall–Kier alpha value is -1.44. The van der Waals surface area contributed by atoms with Crippen LogP contribution in [-0.4, -0.2) is 25.6 Å². The topological polar surface area (TPSA) is 50.4 Å². The predicted molar refractivity (Wildman–Crippen MR) is 64.9 cm³/mol. The fraction of sp³-hybridized carbons (Fsp3) is 0.364. The van der Waals surface area contributed by atoms with Crippen LogP contribution in [0, 0.1) is 5.82 Å². The minimum absolute atomic E-state index is 0.132. The number of carbonyl (C=O) groups is 1. The van der Waals surface area contributed by atoms with Crippen LogP contribution in [0.5, 0.6) is 5.75 Å². The minimum Gasteiger partial charge on any atom is -0.491 e. The molecule has 0 spiro atoms. The highest BCUT2D eigenvalue weighted by atomic mass is 79.9. The summed E-state index contributed by atoms with van der Waals surface area (Å²) >= 11 is 3.03. The van der Waals surface area contributed by atoms with Crippen molar-refractivity contribution in [1.82, 2.24) is 10.6 Å². The average molecular weight is 339 g/mol. The van der Waals surface area contributed by atoms with Gasteiger partial charge in [-0.25, -0.2) is 18.0 Å². The summed E-state index contributed by atoms with van der Waals surface area (Å²) in [6.07, 6.45) is -2.61. The van der Waals surface area contributed by atoms with E-state index in [0.717, 1.165) is 0 Å². The number of amides is 2. The third kappa shape index (κ3) is 3.31. The molecule has 0 aliphatic carbocycles. The molecule has 1 atom stereocenters. The Morgan fingerprint density at radius 1 is 1.53 bits per heavy atom. The summed E-state index contributed by atoms with van der Waals surface area (Å²) in [4.78, 5) is 11.4. The first-order valence-corrected chi connectivity index (χ1v) is 6.21. The van der Waals surface area contributed by atoms with Gasteiger partial charge in [-0.05, 0) is 22.0 Å². The number of alkyl halides is 2. The Kier molecular flexibility index (Phi) is 4.18. The summed E-state index contributed by atoms with van der Waals surface area (Å²) in [6, 6.07) is 1.49. The maximum absolute atomic E-state index is 13.3. The number of ether oxygens (including phenoxy) is 1. The van der Waals surface area contributed by atoms with Crippen LogP contribution < -0.4 is 15.4 Å². The van der Waals surface area contributed by atoms with Crippen LogP contribution in [-0.2, 0) is 0 Å². The highest BCUT2D eigenvalue weighted by Gasteiger charge is 2.27. The summed E-state index contributed by atoms with van der Waals surface area (Å²) in [7, 11) is 0. The molecule has 0 radical (unpaired) electrons. The molecule has 1 aliphatic heterocycles. The normalized spacial score (nSPS) is 17.0. The van der Waals surface area contributed by atoms with E-state index in [1.165, 1.54) is 12.1 Å². The molecule has 0 unspecified atom stereocenters. The van der Waals surface area contributed by atoms with Crippen LogP contribution in [0.2, 0.25) is 0 Å². The van der Waals surface area contributed by atoms with E-state index in [4.69, 9.17) is 4.74 Å². The third-order valence-corrected chi connectivity index (χ3v) is 3.16. The largest absolute Gasteiger partial charge is 0.491 e. The molecule has 0 saturated heterocycles. The highest BCUT2D eigenvalue weighted by molar-refractivity contribution is 9.10. The summed E-state index contributed by atoms with van der Waals surface area (Å²) in [5.74, 6) is -0.138. The second-order valence-corrected chi connectivity index (χ2v) is 4.77. The van der Waals surface area contributed by atoms with Gasteiger partial charge in [0.1, 0.15) is 18.2 Å². The second kappa shape index (κ2) is 5.68. The van der Waals surface area contributed by atoms with E-state index >= 15 is 0 Å². The first kappa shape index (κ1) is 14.0. The van der Waals surface area contributed by atoms with Gasteiger partial charge in [-0.15, -0.1) is 0 Å². The number of rotatable bonds is 3. The lowest BCUT2D eigenvalue weighted by atomic mass is 10.1. The van der Waals surface area contributed by atoms with Crippen molar-refractivity contribution >= 4 is 22.0 Å². The average Bonchev–Trinajstić information content (AvgIpc) is 2.70. The molecule has 4 nitrogen and oxygen atoms in total. The first-order valence-electron chi connectivity index (χ1n) is 5.41. The molecule has 0 fully saturated rings. The summed E-state index contributed by atoms with van der Waals surface area (Å²) < 4.78 is 42.6. The number of carbonyl (C=O) groups excluding carboxylic acids is 1. The lowest BCUT2D eigenvalue weighted by Gasteiger charge is -2.12. The van der Waals surface area contributed by atoms with Gasteiger partial charge in [0.2, 0.25) is 0 Å². The van der Waals surface area contributed by atoms with Gasteiger partial charge in [0.15, 0.2) is 0 Å². The van der Waals surface area contributed by atoms with Gasteiger partial charge in [-0.1, -0.05) is 0 Å². The predicted octanol–water partition coefficient (Wildman–Crippen LogP) is 2.59. The van der Waals surface area contributed by atoms with Gasteiger partial charge in [0.25, 0.3) is 6.43 Å². The molecular weight excluding hydrogens is 329 g/mol. The number of urea groups is 1. The molecule has 1 aliphatic rings. The van der Waals surface area contributed by atoms with Crippen LogP contribution in [0.25, 0.3) is 0 Å². The summed E-state index contributed by atoms with van der Waals surface area (Å²) in [5, 5.41) is 4.51. The van der Waals surface area contributed by atoms with Crippen LogP contribution in [0.1, 0.15) is 11.6 Å². The maximum atomic E-state index is 13.3. The molecule has 2 N–H and O–H groups in total. The van der Waals surface area contributed by atoms with Crippen LogP contribution in [0.3, 0.4) is 0 Å². The minimum atomic E-state index is -2.61. The summed E-state index contributed by atoms with van der Waals surface area (Å²) in [6.45, 7) is -0.591. The van der Waals surface area contributed by atoms with Crippen molar-refractivity contribution in [2.45, 2.75) is 12.5 Å². The molecule has 1 aromatic rings. The SMILES string of the molecule is O=C(NCC(F)F)N[C@H]1COc2cc(F)c(Br)cc21. The number of benzene rings is 1. The number of hydrogen-bond donors (Lipinski definition) is 2. The molecule has 8 heteroatoms. The number of fused-ring (bicyclic) bond motifs is 1. The van der Waals surface area contributed by atoms with E-state index in [2.05, 4.69) is 21.2 Å². The van der Waals surface area contributed by atoms with Crippen LogP contribution in [0.4, 0.5) is 18.0 Å². The Bertz CT molecular complexity index is 499. The zero-order valence-corrected chi connectivity index (χ0v) is 11.1. The standard InChI is InChI=1S/C11H10BrF3N2O2/c12-6-1-5-8(4-19-9(5)2-7(6)13)17-11(18)16-3-10(14)15/h1-2,8,10H,3-4H2,(H2,16,17,18)/t8-/m0/s1. The number of halogens is 4. The number of hydrogen-bond acceptors (Lipinski definition) is 2. The maximum Gasteiger partial charge on any atom is 0.315 e. The molecule has 2 amide bonds. The monoisotopic (exact) mass is 338 g/mol. The fourth-order valence-corrected chi connectivity index (χ4v) is 2.06. The smallest absolute Gasteiger partial charge is 0.315 e. The zero-order valence-electron chi connectivity index (χ0n) is 9.55. The van der Waals surface area contributed by atoms with Crippen molar-refractivity contribution in [3.8, 4) is 5.75 Å². The number of nitrogens with one attached hydrogen (secondary N) is 2. The van der Waals surface area contributed by atoms with Crippen LogP contribution in [0.15, 0.2) is 16.6 Å². The van der Waals surface area contributed by atoms with E-state index in [-0.39, 0.29) is 11.1 Å². The third-order valence-electron chi connectivity index (χ3n) is 2.56. The van der Waals surface area contributed by atoms with Gasteiger partial charge >= 0.3 is 6.03 Å². The molecule has 104 valence electrons. The Balaban J connectivity index is 2.02. The van der Waals surface area contributed by atoms with E-state index in [1.54, 1.807) is 0 Å². The Labute approximate surface area is 115 Å². The Morgan fingerprint density at radius 3 is 2.95 bits per heavy atom. The van der Waals surface area contributed by atoms with Crippen molar-refractivity contribution in [2.24, 2.45) is 0 Å². The molecule has 1 heterocycles. The molecule has 0 bridgehead atoms. The van der Waals surface area contributed by atoms with Crippen molar-refractivity contribution in [2.75, 3.05) is 13.2 Å². The van der Waals surface area contributed by atoms with Crippen molar-refractivity contribution in [1.29, 1.82) is 0 Å². The van der Waals surface area contributed by atoms with E-state index in [9.17, 15) is 18.0 Å². The molecular formula is C11H10BrF3N2O2. The zero-order chi connectivity index (χ0) is 14.0. The fourth-order valence-electron chi connectivity index (χ4n) is 1.70. The summed E-state index contributed by atoms with van der Waals surface area (Å²) in [5.41, 5.74) is 0.598. The van der Waals surface area contributed by atoms with Crippen molar-refractivity contribution in [3.05, 3.63) is 28.0 Å². The van der Waals surface area contributed by atoms with E-state index < -0.39 is 30.9 Å². The van der Waals surface area contributed by atoms with Crippen molar-refractivity contribution in [3.63, 3.8) is 0 Å². The second-order valence-electron chi connectivity index (χ2n) is 3.91. The van der Waals surface area contributed by atoms with Gasteiger partial charge in [0, 0.05) is 11.6 Å². The molecule has 19 heavy (non-hydrogen) atoms. The molecule has 2 rings (SSSR count). The van der Waals surface area contributed by atoms with Crippen molar-refractivity contribution < 1.29 is 22.7 Å². The lowest BCUT2D eigenvalue weighted by Crippen LogP contribution is -2.40. The first-order chi connectivity index (χ1) is 8.97. The quantitative estimate of drug-likeness (QED) is 0.889. The van der Waals surface area contributed by atoms with E-state index in [1.807, 2.05) is 5.32 Å².